The second-order valence-electron chi connectivity index (χ2n) is 13.7. The molecule has 3 heterocycles. The number of methoxy groups -OCH3 is 1. The van der Waals surface area contributed by atoms with E-state index < -0.39 is 5.60 Å². The molecule has 45 heavy (non-hydrogen) atoms. The topological polar surface area (TPSA) is 91.4 Å². The molecule has 2 aromatic carbocycles. The minimum absolute atomic E-state index is 0.0847. The van der Waals surface area contributed by atoms with Crippen molar-refractivity contribution < 1.29 is 23.9 Å². The molecule has 6 rings (SSSR count). The van der Waals surface area contributed by atoms with Gasteiger partial charge in [-0.3, -0.25) is 14.6 Å². The molecule has 0 radical (unpaired) electrons. The number of benzene rings is 2. The molecule has 1 N–H and O–H groups in total. The van der Waals surface area contributed by atoms with E-state index in [1.165, 1.54) is 12.7 Å². The smallest absolute Gasteiger partial charge is 0.410 e. The predicted octanol–water partition coefficient (Wildman–Crippen LogP) is 4.85. The first kappa shape index (κ1) is 31.5. The zero-order chi connectivity index (χ0) is 31.2. The second kappa shape index (κ2) is 14.3. The molecule has 9 nitrogen and oxygen atoms in total. The van der Waals surface area contributed by atoms with Gasteiger partial charge in [-0.05, 0) is 67.7 Å². The Morgan fingerprint density at radius 1 is 0.844 bits per heavy atom. The molecular formula is C36H48N4O5. The summed E-state index contributed by atoms with van der Waals surface area (Å²) in [6.45, 7) is 6.94. The van der Waals surface area contributed by atoms with Crippen LogP contribution in [0.1, 0.15) is 72.9 Å². The zero-order valence-electron chi connectivity index (χ0n) is 26.6. The quantitative estimate of drug-likeness (QED) is 0.403. The van der Waals surface area contributed by atoms with Gasteiger partial charge >= 0.3 is 12.1 Å². The minimum Gasteiger partial charge on any atom is -0.465 e. The van der Waals surface area contributed by atoms with Crippen molar-refractivity contribution in [2.45, 2.75) is 76.1 Å². The monoisotopic (exact) mass is 616 g/mol. The van der Waals surface area contributed by atoms with Crippen LogP contribution in [0.2, 0.25) is 0 Å². The molecule has 2 aromatic rings. The van der Waals surface area contributed by atoms with Gasteiger partial charge in [0.2, 0.25) is 5.91 Å². The molecule has 1 spiro atoms. The van der Waals surface area contributed by atoms with Gasteiger partial charge in [0.15, 0.2) is 0 Å². The lowest BCUT2D eigenvalue weighted by Gasteiger charge is -2.37. The van der Waals surface area contributed by atoms with E-state index in [1.807, 2.05) is 17.0 Å². The Morgan fingerprint density at radius 3 is 2.11 bits per heavy atom. The predicted molar refractivity (Wildman–Crippen MR) is 171 cm³/mol. The van der Waals surface area contributed by atoms with Crippen LogP contribution in [0, 0.1) is 11.8 Å². The van der Waals surface area contributed by atoms with E-state index in [0.29, 0.717) is 18.0 Å². The van der Waals surface area contributed by atoms with Crippen molar-refractivity contribution in [3.8, 4) is 0 Å². The highest BCUT2D eigenvalue weighted by Gasteiger charge is 2.47. The number of piperidine rings is 2. The summed E-state index contributed by atoms with van der Waals surface area (Å²) in [5.41, 5.74) is 2.66. The second-order valence-corrected chi connectivity index (χ2v) is 13.7. The SMILES string of the molecule is COC(=O)c1ccc(CN2CCC3(CC2)CN(CC2CCC(C(=O)NC4CCN(Cc5ccccc5)CC4)CC2)C(=O)O3)cc1. The lowest BCUT2D eigenvalue weighted by Crippen LogP contribution is -2.47. The molecule has 1 saturated carbocycles. The Bertz CT molecular complexity index is 1290. The van der Waals surface area contributed by atoms with E-state index in [1.54, 1.807) is 12.1 Å². The first-order chi connectivity index (χ1) is 21.9. The summed E-state index contributed by atoms with van der Waals surface area (Å²) >= 11 is 0. The van der Waals surface area contributed by atoms with Crippen LogP contribution in [-0.2, 0) is 27.4 Å². The van der Waals surface area contributed by atoms with Crippen LogP contribution >= 0.6 is 0 Å². The Hall–Kier alpha value is -3.43. The average Bonchev–Trinajstić information content (AvgIpc) is 3.37. The van der Waals surface area contributed by atoms with Gasteiger partial charge in [0.05, 0.1) is 19.2 Å². The van der Waals surface area contributed by atoms with Crippen LogP contribution in [0.5, 0.6) is 0 Å². The lowest BCUT2D eigenvalue weighted by atomic mass is 9.81. The first-order valence-corrected chi connectivity index (χ1v) is 16.8. The number of nitrogens with one attached hydrogen (secondary N) is 1. The van der Waals surface area contributed by atoms with Crippen molar-refractivity contribution in [3.63, 3.8) is 0 Å². The maximum atomic E-state index is 13.1. The molecule has 0 bridgehead atoms. The van der Waals surface area contributed by atoms with Crippen LogP contribution in [0.25, 0.3) is 0 Å². The Labute approximate surface area is 267 Å². The van der Waals surface area contributed by atoms with Crippen LogP contribution < -0.4 is 5.32 Å². The molecule has 4 fully saturated rings. The third-order valence-electron chi connectivity index (χ3n) is 10.5. The van der Waals surface area contributed by atoms with Gasteiger partial charge in [-0.15, -0.1) is 0 Å². The molecule has 3 aliphatic heterocycles. The fraction of sp³-hybridized carbons (Fsp3) is 0.583. The Kier molecular flexibility index (Phi) is 10.0. The highest BCUT2D eigenvalue weighted by Crippen LogP contribution is 2.36. The summed E-state index contributed by atoms with van der Waals surface area (Å²) in [7, 11) is 1.39. The van der Waals surface area contributed by atoms with Crippen LogP contribution in [0.4, 0.5) is 4.79 Å². The molecule has 0 aromatic heterocycles. The number of hydrogen-bond donors (Lipinski definition) is 1. The van der Waals surface area contributed by atoms with Gasteiger partial charge in [-0.25, -0.2) is 9.59 Å². The number of carbonyl (C=O) groups is 3. The van der Waals surface area contributed by atoms with E-state index >= 15 is 0 Å². The average molecular weight is 617 g/mol. The van der Waals surface area contributed by atoms with Gasteiger partial charge < -0.3 is 19.7 Å². The fourth-order valence-electron chi connectivity index (χ4n) is 7.65. The van der Waals surface area contributed by atoms with Gasteiger partial charge in [0.1, 0.15) is 5.60 Å². The van der Waals surface area contributed by atoms with Crippen molar-refractivity contribution in [1.82, 2.24) is 20.0 Å². The number of nitrogens with zero attached hydrogens (tertiary/aromatic N) is 3. The summed E-state index contributed by atoms with van der Waals surface area (Å²) < 4.78 is 10.8. The highest BCUT2D eigenvalue weighted by molar-refractivity contribution is 5.89. The highest BCUT2D eigenvalue weighted by atomic mass is 16.6. The van der Waals surface area contributed by atoms with Gasteiger partial charge in [-0.2, -0.15) is 0 Å². The van der Waals surface area contributed by atoms with Crippen molar-refractivity contribution in [1.29, 1.82) is 0 Å². The summed E-state index contributed by atoms with van der Waals surface area (Å²) in [6, 6.07) is 18.4. The Morgan fingerprint density at radius 2 is 1.47 bits per heavy atom. The summed E-state index contributed by atoms with van der Waals surface area (Å²) in [4.78, 5) is 44.5. The largest absolute Gasteiger partial charge is 0.465 e. The number of hydrogen-bond acceptors (Lipinski definition) is 7. The van der Waals surface area contributed by atoms with E-state index in [-0.39, 0.29) is 29.9 Å². The van der Waals surface area contributed by atoms with Crippen molar-refractivity contribution in [2.75, 3.05) is 46.4 Å². The third-order valence-corrected chi connectivity index (χ3v) is 10.5. The molecule has 0 atom stereocenters. The number of likely N-dealkylation sites (tertiary alicyclic amines) is 2. The molecule has 2 amide bonds. The van der Waals surface area contributed by atoms with E-state index in [4.69, 9.17) is 9.47 Å². The molecular weight excluding hydrogens is 568 g/mol. The van der Waals surface area contributed by atoms with Crippen molar-refractivity contribution >= 4 is 18.0 Å². The number of esters is 1. The van der Waals surface area contributed by atoms with Gasteiger partial charge in [0, 0.05) is 70.6 Å². The molecule has 9 heteroatoms. The molecule has 4 aliphatic rings. The minimum atomic E-state index is -0.393. The fourth-order valence-corrected chi connectivity index (χ4v) is 7.65. The van der Waals surface area contributed by atoms with Crippen molar-refractivity contribution in [3.05, 3.63) is 71.3 Å². The van der Waals surface area contributed by atoms with E-state index in [9.17, 15) is 14.4 Å². The molecule has 3 saturated heterocycles. The normalized spacial score (nSPS) is 24.4. The number of ether oxygens (including phenoxy) is 2. The zero-order valence-corrected chi connectivity index (χ0v) is 26.6. The Balaban J connectivity index is 0.887. The number of carbonyl (C=O) groups excluding carboxylic acids is 3. The number of rotatable bonds is 9. The van der Waals surface area contributed by atoms with Crippen LogP contribution in [-0.4, -0.2) is 90.7 Å². The van der Waals surface area contributed by atoms with Gasteiger partial charge in [-0.1, -0.05) is 42.5 Å². The maximum absolute atomic E-state index is 13.1. The lowest BCUT2D eigenvalue weighted by molar-refractivity contribution is -0.127. The number of amides is 2. The summed E-state index contributed by atoms with van der Waals surface area (Å²) in [6.07, 6.45) is 7.24. The van der Waals surface area contributed by atoms with Crippen LogP contribution in [0.3, 0.4) is 0 Å². The first-order valence-electron chi connectivity index (χ1n) is 16.8. The molecule has 242 valence electrons. The van der Waals surface area contributed by atoms with E-state index in [2.05, 4.69) is 45.4 Å². The van der Waals surface area contributed by atoms with E-state index in [0.717, 1.165) is 103 Å². The van der Waals surface area contributed by atoms with Gasteiger partial charge in [0.25, 0.3) is 0 Å². The summed E-state index contributed by atoms with van der Waals surface area (Å²) in [5.74, 6) is 0.405. The summed E-state index contributed by atoms with van der Waals surface area (Å²) in [5, 5.41) is 3.36. The maximum Gasteiger partial charge on any atom is 0.410 e. The third kappa shape index (κ3) is 8.05. The molecule has 1 aliphatic carbocycles. The van der Waals surface area contributed by atoms with Crippen molar-refractivity contribution in [2.24, 2.45) is 11.8 Å². The van der Waals surface area contributed by atoms with Crippen LogP contribution in [0.15, 0.2) is 54.6 Å². The standard InChI is InChI=1S/C36H48N4O5/c1-44-34(42)31-13-9-28(10-14-31)24-39-21-17-36(18-22-39)26-40(35(43)45-36)25-29-7-11-30(12-8-29)33(41)37-32-15-19-38(20-16-32)23-27-5-3-2-4-6-27/h2-6,9-10,13-14,29-30,32H,7-8,11-12,15-26H2,1H3,(H,37,41). The molecule has 0 unspecified atom stereocenters.